The molecule has 2 amide bonds. The van der Waals surface area contributed by atoms with Crippen LogP contribution in [0.15, 0.2) is 66.7 Å². The molecule has 0 heterocycles. The second-order valence-corrected chi connectivity index (χ2v) is 8.81. The van der Waals surface area contributed by atoms with Crippen molar-refractivity contribution in [1.82, 2.24) is 0 Å². The zero-order valence-electron chi connectivity index (χ0n) is 19.7. The van der Waals surface area contributed by atoms with Crippen LogP contribution in [0.5, 0.6) is 11.5 Å². The monoisotopic (exact) mass is 446 g/mol. The van der Waals surface area contributed by atoms with Gasteiger partial charge in [-0.25, -0.2) is 0 Å². The third-order valence-electron chi connectivity index (χ3n) is 5.11. The maximum Gasteiger partial charge on any atom is 0.255 e. The summed E-state index contributed by atoms with van der Waals surface area (Å²) in [6, 6.07) is 20.4. The van der Waals surface area contributed by atoms with Gasteiger partial charge < -0.3 is 20.1 Å². The zero-order valence-corrected chi connectivity index (χ0v) is 19.7. The maximum atomic E-state index is 12.7. The number of ether oxygens (including phenoxy) is 2. The number of nitrogens with one attached hydrogen (secondary N) is 2. The van der Waals surface area contributed by atoms with Gasteiger partial charge in [-0.3, -0.25) is 9.59 Å². The zero-order chi connectivity index (χ0) is 24.0. The molecule has 0 saturated heterocycles. The molecule has 0 atom stereocenters. The smallest absolute Gasteiger partial charge is 0.255 e. The SMILES string of the molecule is COc1ccc(NC(C)=O)cc1NC(=O)c1ccc(COc2ccc(C(C)(C)C)cc2)cc1. The summed E-state index contributed by atoms with van der Waals surface area (Å²) in [5.41, 5.74) is 3.85. The number of carbonyl (C=O) groups excluding carboxylic acids is 2. The molecule has 33 heavy (non-hydrogen) atoms. The highest BCUT2D eigenvalue weighted by molar-refractivity contribution is 6.05. The van der Waals surface area contributed by atoms with Crippen LogP contribution in [0.1, 0.15) is 49.2 Å². The first-order valence-electron chi connectivity index (χ1n) is 10.7. The van der Waals surface area contributed by atoms with Crippen LogP contribution in [-0.2, 0) is 16.8 Å². The Balaban J connectivity index is 1.63. The van der Waals surface area contributed by atoms with E-state index in [1.54, 1.807) is 30.3 Å². The highest BCUT2D eigenvalue weighted by Gasteiger charge is 2.13. The van der Waals surface area contributed by atoms with Crippen molar-refractivity contribution in [2.75, 3.05) is 17.7 Å². The van der Waals surface area contributed by atoms with E-state index in [1.807, 2.05) is 24.3 Å². The molecule has 172 valence electrons. The first-order valence-corrected chi connectivity index (χ1v) is 10.7. The number of hydrogen-bond acceptors (Lipinski definition) is 4. The minimum atomic E-state index is -0.279. The number of hydrogen-bond donors (Lipinski definition) is 2. The van der Waals surface area contributed by atoms with Crippen LogP contribution in [-0.4, -0.2) is 18.9 Å². The summed E-state index contributed by atoms with van der Waals surface area (Å²) in [5, 5.41) is 5.53. The molecule has 3 rings (SSSR count). The average molecular weight is 447 g/mol. The quantitative estimate of drug-likeness (QED) is 0.482. The van der Waals surface area contributed by atoms with E-state index in [0.717, 1.165) is 11.3 Å². The molecule has 6 nitrogen and oxygen atoms in total. The van der Waals surface area contributed by atoms with Gasteiger partial charge in [0.2, 0.25) is 5.91 Å². The van der Waals surface area contributed by atoms with Crippen molar-refractivity contribution in [3.05, 3.63) is 83.4 Å². The van der Waals surface area contributed by atoms with E-state index in [2.05, 4.69) is 43.5 Å². The number of methoxy groups -OCH3 is 1. The summed E-state index contributed by atoms with van der Waals surface area (Å²) in [6.45, 7) is 8.36. The van der Waals surface area contributed by atoms with Gasteiger partial charge in [0, 0.05) is 18.2 Å². The van der Waals surface area contributed by atoms with Crippen LogP contribution in [0.3, 0.4) is 0 Å². The van der Waals surface area contributed by atoms with Gasteiger partial charge in [0.05, 0.1) is 12.8 Å². The molecule has 0 aliphatic rings. The fourth-order valence-electron chi connectivity index (χ4n) is 3.25. The summed E-state index contributed by atoms with van der Waals surface area (Å²) in [4.78, 5) is 24.0. The lowest BCUT2D eigenvalue weighted by atomic mass is 9.87. The Morgan fingerprint density at radius 2 is 1.55 bits per heavy atom. The molecular weight excluding hydrogens is 416 g/mol. The van der Waals surface area contributed by atoms with Gasteiger partial charge in [-0.15, -0.1) is 0 Å². The largest absolute Gasteiger partial charge is 0.495 e. The summed E-state index contributed by atoms with van der Waals surface area (Å²) < 4.78 is 11.2. The summed E-state index contributed by atoms with van der Waals surface area (Å²) >= 11 is 0. The molecule has 0 fully saturated rings. The molecule has 0 aliphatic carbocycles. The molecule has 0 aromatic heterocycles. The third kappa shape index (κ3) is 6.59. The molecule has 3 aromatic carbocycles. The van der Waals surface area contributed by atoms with E-state index >= 15 is 0 Å². The van der Waals surface area contributed by atoms with Crippen LogP contribution in [0.25, 0.3) is 0 Å². The van der Waals surface area contributed by atoms with Crippen molar-refractivity contribution >= 4 is 23.2 Å². The van der Waals surface area contributed by atoms with Crippen LogP contribution in [0.4, 0.5) is 11.4 Å². The summed E-state index contributed by atoms with van der Waals surface area (Å²) in [7, 11) is 1.52. The van der Waals surface area contributed by atoms with Gasteiger partial charge in [-0.2, -0.15) is 0 Å². The van der Waals surface area contributed by atoms with E-state index in [4.69, 9.17) is 9.47 Å². The lowest BCUT2D eigenvalue weighted by Gasteiger charge is -2.19. The number of benzene rings is 3. The Labute approximate surface area is 194 Å². The lowest BCUT2D eigenvalue weighted by molar-refractivity contribution is -0.114. The van der Waals surface area contributed by atoms with Gasteiger partial charge >= 0.3 is 0 Å². The lowest BCUT2D eigenvalue weighted by Crippen LogP contribution is -2.13. The Morgan fingerprint density at radius 1 is 0.879 bits per heavy atom. The van der Waals surface area contributed by atoms with Crippen molar-refractivity contribution in [3.63, 3.8) is 0 Å². The Kier molecular flexibility index (Phi) is 7.38. The van der Waals surface area contributed by atoms with E-state index in [9.17, 15) is 9.59 Å². The van der Waals surface area contributed by atoms with Crippen molar-refractivity contribution in [2.24, 2.45) is 0 Å². The fourth-order valence-corrected chi connectivity index (χ4v) is 3.25. The molecule has 0 unspecified atom stereocenters. The minimum Gasteiger partial charge on any atom is -0.495 e. The molecule has 6 heteroatoms. The number of anilines is 2. The number of amides is 2. The number of carbonyl (C=O) groups is 2. The Morgan fingerprint density at radius 3 is 2.12 bits per heavy atom. The fraction of sp³-hybridized carbons (Fsp3) is 0.259. The molecule has 0 bridgehead atoms. The minimum absolute atomic E-state index is 0.101. The van der Waals surface area contributed by atoms with E-state index in [1.165, 1.54) is 19.6 Å². The average Bonchev–Trinajstić information content (AvgIpc) is 2.77. The van der Waals surface area contributed by atoms with Gasteiger partial charge in [-0.05, 0) is 59.0 Å². The molecular formula is C27H30N2O4. The maximum absolute atomic E-state index is 12.7. The van der Waals surface area contributed by atoms with Crippen molar-refractivity contribution in [1.29, 1.82) is 0 Å². The molecule has 0 saturated carbocycles. The van der Waals surface area contributed by atoms with Gasteiger partial charge in [0.25, 0.3) is 5.91 Å². The van der Waals surface area contributed by atoms with Crippen LogP contribution in [0.2, 0.25) is 0 Å². The first kappa shape index (κ1) is 23.9. The van der Waals surface area contributed by atoms with Crippen molar-refractivity contribution in [3.8, 4) is 11.5 Å². The highest BCUT2D eigenvalue weighted by atomic mass is 16.5. The predicted octanol–water partition coefficient (Wildman–Crippen LogP) is 5.78. The molecule has 0 aliphatic heterocycles. The molecule has 3 aromatic rings. The molecule has 0 radical (unpaired) electrons. The van der Waals surface area contributed by atoms with E-state index in [-0.39, 0.29) is 17.2 Å². The van der Waals surface area contributed by atoms with Crippen molar-refractivity contribution in [2.45, 2.75) is 39.7 Å². The van der Waals surface area contributed by atoms with Crippen LogP contribution in [0, 0.1) is 0 Å². The van der Waals surface area contributed by atoms with Gasteiger partial charge in [-0.1, -0.05) is 45.0 Å². The van der Waals surface area contributed by atoms with Gasteiger partial charge in [0.15, 0.2) is 0 Å². The predicted molar refractivity (Wildman–Crippen MR) is 131 cm³/mol. The standard InChI is InChI=1S/C27H30N2O4/c1-18(30)28-22-12-15-25(32-5)24(16-22)29-26(31)20-8-6-19(7-9-20)17-33-23-13-10-21(11-14-23)27(2,3)4/h6-16H,17H2,1-5H3,(H,28,30)(H,29,31). The molecule has 2 N–H and O–H groups in total. The second-order valence-electron chi connectivity index (χ2n) is 8.81. The number of rotatable bonds is 7. The summed E-state index contributed by atoms with van der Waals surface area (Å²) in [6.07, 6.45) is 0. The Bertz CT molecular complexity index is 1110. The summed E-state index contributed by atoms with van der Waals surface area (Å²) in [5.74, 6) is 0.829. The van der Waals surface area contributed by atoms with E-state index in [0.29, 0.717) is 29.3 Å². The van der Waals surface area contributed by atoms with Crippen LogP contribution >= 0.6 is 0 Å². The first-order chi connectivity index (χ1) is 15.7. The van der Waals surface area contributed by atoms with Crippen LogP contribution < -0.4 is 20.1 Å². The van der Waals surface area contributed by atoms with Crippen molar-refractivity contribution < 1.29 is 19.1 Å². The van der Waals surface area contributed by atoms with Gasteiger partial charge in [0.1, 0.15) is 18.1 Å². The normalized spacial score (nSPS) is 10.9. The van der Waals surface area contributed by atoms with E-state index < -0.39 is 0 Å². The third-order valence-corrected chi connectivity index (χ3v) is 5.11. The second kappa shape index (κ2) is 10.2. The molecule has 0 spiro atoms. The Hall–Kier alpha value is -3.80. The highest BCUT2D eigenvalue weighted by Crippen LogP contribution is 2.28. The topological polar surface area (TPSA) is 76.7 Å².